The van der Waals surface area contributed by atoms with Crippen molar-refractivity contribution in [3.05, 3.63) is 80.4 Å². The minimum Gasteiger partial charge on any atom is -0.436 e. The number of rotatable bonds is 4. The second-order valence-electron chi connectivity index (χ2n) is 6.39. The Bertz CT molecular complexity index is 1140. The molecule has 2 N–H and O–H groups in total. The standard InChI is InChI=1S/C21H16Cl3N3O2S/c1-11-7-16(24)20(25-10-11)29-18-8-12(2)17(9-15(18)23)26-21(30)27-19(28)13-5-3-4-6-14(13)22/h3-10H,1-2H3,(H2,26,27,28,30). The molecular weight excluding hydrogens is 465 g/mol. The van der Waals surface area contributed by atoms with E-state index in [1.165, 1.54) is 0 Å². The molecule has 0 saturated heterocycles. The van der Waals surface area contributed by atoms with Gasteiger partial charge < -0.3 is 10.1 Å². The fourth-order valence-corrected chi connectivity index (χ4v) is 3.42. The Morgan fingerprint density at radius 1 is 1.03 bits per heavy atom. The number of thiocarbonyl (C=S) groups is 1. The molecule has 0 aliphatic rings. The van der Waals surface area contributed by atoms with Gasteiger partial charge in [0.25, 0.3) is 5.91 Å². The minimum absolute atomic E-state index is 0.107. The molecule has 0 aliphatic carbocycles. The van der Waals surface area contributed by atoms with Crippen LogP contribution in [0.5, 0.6) is 11.6 Å². The van der Waals surface area contributed by atoms with Crippen molar-refractivity contribution < 1.29 is 9.53 Å². The number of amides is 1. The summed E-state index contributed by atoms with van der Waals surface area (Å²) in [6, 6.07) is 11.8. The van der Waals surface area contributed by atoms with Gasteiger partial charge in [-0.2, -0.15) is 0 Å². The maximum absolute atomic E-state index is 12.3. The number of anilines is 1. The predicted octanol–water partition coefficient (Wildman–Crippen LogP) is 6.58. The fourth-order valence-electron chi connectivity index (χ4n) is 2.54. The highest BCUT2D eigenvalue weighted by molar-refractivity contribution is 7.80. The van der Waals surface area contributed by atoms with Crippen LogP contribution in [0.15, 0.2) is 48.7 Å². The van der Waals surface area contributed by atoms with Crippen molar-refractivity contribution in [1.82, 2.24) is 10.3 Å². The normalized spacial score (nSPS) is 10.4. The molecule has 0 radical (unpaired) electrons. The number of nitrogens with one attached hydrogen (secondary N) is 2. The van der Waals surface area contributed by atoms with Crippen molar-refractivity contribution in [3.63, 3.8) is 0 Å². The maximum Gasteiger partial charge on any atom is 0.258 e. The predicted molar refractivity (Wildman–Crippen MR) is 125 cm³/mol. The molecule has 1 heterocycles. The zero-order valence-corrected chi connectivity index (χ0v) is 19.0. The highest BCUT2D eigenvalue weighted by atomic mass is 35.5. The first kappa shape index (κ1) is 22.3. The molecule has 0 spiro atoms. The molecule has 5 nitrogen and oxygen atoms in total. The van der Waals surface area contributed by atoms with Crippen LogP contribution in [0.4, 0.5) is 5.69 Å². The van der Waals surface area contributed by atoms with Crippen LogP contribution >= 0.6 is 47.0 Å². The number of ether oxygens (including phenoxy) is 1. The van der Waals surface area contributed by atoms with E-state index in [1.54, 1.807) is 48.7 Å². The van der Waals surface area contributed by atoms with E-state index in [-0.39, 0.29) is 11.0 Å². The van der Waals surface area contributed by atoms with Crippen molar-refractivity contribution in [2.45, 2.75) is 13.8 Å². The number of carbonyl (C=O) groups excluding carboxylic acids is 1. The van der Waals surface area contributed by atoms with Gasteiger partial charge in [-0.25, -0.2) is 4.98 Å². The molecule has 3 aromatic rings. The number of hydrogen-bond acceptors (Lipinski definition) is 4. The molecule has 3 rings (SSSR count). The van der Waals surface area contributed by atoms with E-state index in [4.69, 9.17) is 51.8 Å². The Balaban J connectivity index is 1.72. The van der Waals surface area contributed by atoms with Crippen LogP contribution in [-0.2, 0) is 0 Å². The number of hydrogen-bond donors (Lipinski definition) is 2. The van der Waals surface area contributed by atoms with Gasteiger partial charge in [-0.15, -0.1) is 0 Å². The summed E-state index contributed by atoms with van der Waals surface area (Å²) in [4.78, 5) is 16.5. The van der Waals surface area contributed by atoms with E-state index in [9.17, 15) is 4.79 Å². The zero-order chi connectivity index (χ0) is 21.8. The fraction of sp³-hybridized carbons (Fsp3) is 0.0952. The molecule has 30 heavy (non-hydrogen) atoms. The van der Waals surface area contributed by atoms with E-state index in [0.717, 1.165) is 11.1 Å². The Hall–Kier alpha value is -2.38. The van der Waals surface area contributed by atoms with E-state index in [2.05, 4.69) is 15.6 Å². The highest BCUT2D eigenvalue weighted by Gasteiger charge is 2.14. The first-order chi connectivity index (χ1) is 14.2. The molecule has 0 saturated carbocycles. The Labute approximate surface area is 194 Å². The lowest BCUT2D eigenvalue weighted by Crippen LogP contribution is -2.34. The second kappa shape index (κ2) is 9.62. The monoisotopic (exact) mass is 479 g/mol. The smallest absolute Gasteiger partial charge is 0.258 e. The largest absolute Gasteiger partial charge is 0.436 e. The molecular formula is C21H16Cl3N3O2S. The van der Waals surface area contributed by atoms with Crippen LogP contribution in [-0.4, -0.2) is 16.0 Å². The number of carbonyl (C=O) groups is 1. The third kappa shape index (κ3) is 5.40. The van der Waals surface area contributed by atoms with Crippen molar-refractivity contribution in [2.24, 2.45) is 0 Å². The van der Waals surface area contributed by atoms with E-state index in [0.29, 0.717) is 32.1 Å². The Morgan fingerprint density at radius 3 is 2.47 bits per heavy atom. The number of aryl methyl sites for hydroxylation is 2. The summed E-state index contributed by atoms with van der Waals surface area (Å²) in [6.45, 7) is 3.72. The van der Waals surface area contributed by atoms with Gasteiger partial charge in [0.2, 0.25) is 5.88 Å². The van der Waals surface area contributed by atoms with Gasteiger partial charge in [0.1, 0.15) is 10.8 Å². The van der Waals surface area contributed by atoms with E-state index >= 15 is 0 Å². The number of aromatic nitrogens is 1. The summed E-state index contributed by atoms with van der Waals surface area (Å²) < 4.78 is 5.75. The summed E-state index contributed by atoms with van der Waals surface area (Å²) in [5.41, 5.74) is 2.64. The first-order valence-electron chi connectivity index (χ1n) is 8.71. The number of benzene rings is 2. The summed E-state index contributed by atoms with van der Waals surface area (Å²) in [5.74, 6) is 0.234. The molecule has 0 aliphatic heterocycles. The van der Waals surface area contributed by atoms with Gasteiger partial charge in [-0.3, -0.25) is 10.1 Å². The topological polar surface area (TPSA) is 63.2 Å². The first-order valence-corrected chi connectivity index (χ1v) is 10.3. The van der Waals surface area contributed by atoms with E-state index in [1.807, 2.05) is 13.8 Å². The van der Waals surface area contributed by atoms with Crippen LogP contribution in [0.2, 0.25) is 15.1 Å². The highest BCUT2D eigenvalue weighted by Crippen LogP contribution is 2.35. The number of pyridine rings is 1. The Morgan fingerprint density at radius 2 is 1.77 bits per heavy atom. The van der Waals surface area contributed by atoms with Crippen molar-refractivity contribution >= 4 is 63.7 Å². The molecule has 9 heteroatoms. The summed E-state index contributed by atoms with van der Waals surface area (Å²) in [5, 5.41) is 6.70. The summed E-state index contributed by atoms with van der Waals surface area (Å²) >= 11 is 23.8. The van der Waals surface area contributed by atoms with Crippen LogP contribution < -0.4 is 15.4 Å². The quantitative estimate of drug-likeness (QED) is 0.413. The SMILES string of the molecule is Cc1cnc(Oc2cc(C)c(NC(=S)NC(=O)c3ccccc3Cl)cc2Cl)c(Cl)c1. The lowest BCUT2D eigenvalue weighted by Gasteiger charge is -2.15. The molecule has 1 amide bonds. The van der Waals surface area contributed by atoms with Gasteiger partial charge in [0.15, 0.2) is 5.11 Å². The molecule has 154 valence electrons. The zero-order valence-electron chi connectivity index (χ0n) is 15.9. The van der Waals surface area contributed by atoms with Crippen LogP contribution in [0.25, 0.3) is 0 Å². The maximum atomic E-state index is 12.3. The van der Waals surface area contributed by atoms with Crippen molar-refractivity contribution in [2.75, 3.05) is 5.32 Å². The molecule has 2 aromatic carbocycles. The average Bonchev–Trinajstić information content (AvgIpc) is 2.68. The third-order valence-electron chi connectivity index (χ3n) is 4.02. The third-order valence-corrected chi connectivity index (χ3v) is 5.12. The average molecular weight is 481 g/mol. The molecule has 0 atom stereocenters. The van der Waals surface area contributed by atoms with Gasteiger partial charge in [-0.05, 0) is 67.5 Å². The van der Waals surface area contributed by atoms with Gasteiger partial charge in [-0.1, -0.05) is 46.9 Å². The van der Waals surface area contributed by atoms with Crippen LogP contribution in [0.3, 0.4) is 0 Å². The lowest BCUT2D eigenvalue weighted by molar-refractivity contribution is 0.0978. The van der Waals surface area contributed by atoms with Crippen LogP contribution in [0, 0.1) is 13.8 Å². The summed E-state index contributed by atoms with van der Waals surface area (Å²) in [6.07, 6.45) is 1.65. The molecule has 0 unspecified atom stereocenters. The Kier molecular flexibility index (Phi) is 7.15. The van der Waals surface area contributed by atoms with E-state index < -0.39 is 5.91 Å². The molecule has 1 aromatic heterocycles. The van der Waals surface area contributed by atoms with Crippen molar-refractivity contribution in [1.29, 1.82) is 0 Å². The minimum atomic E-state index is -0.415. The summed E-state index contributed by atoms with van der Waals surface area (Å²) in [7, 11) is 0. The second-order valence-corrected chi connectivity index (χ2v) is 8.02. The van der Waals surface area contributed by atoms with Crippen molar-refractivity contribution in [3.8, 4) is 11.6 Å². The number of nitrogens with zero attached hydrogens (tertiary/aromatic N) is 1. The van der Waals surface area contributed by atoms with Gasteiger partial charge in [0, 0.05) is 11.9 Å². The number of halogens is 3. The van der Waals surface area contributed by atoms with Gasteiger partial charge >= 0.3 is 0 Å². The molecule has 0 fully saturated rings. The molecule has 0 bridgehead atoms. The van der Waals surface area contributed by atoms with Crippen LogP contribution in [0.1, 0.15) is 21.5 Å². The van der Waals surface area contributed by atoms with Gasteiger partial charge in [0.05, 0.1) is 15.6 Å². The lowest BCUT2D eigenvalue weighted by atomic mass is 10.2.